The quantitative estimate of drug-likeness (QED) is 0.343. The molecule has 2 rings (SSSR count). The van der Waals surface area contributed by atoms with Gasteiger partial charge in [-0.25, -0.2) is 0 Å². The number of thioether (sulfide) groups is 1. The summed E-state index contributed by atoms with van der Waals surface area (Å²) in [6, 6.07) is 16.2. The number of carboxylic acids is 1. The maximum absolute atomic E-state index is 12.0. The molecular weight excluding hydrogens is 384 g/mol. The van der Waals surface area contributed by atoms with Gasteiger partial charge in [0.25, 0.3) is 0 Å². The topological polar surface area (TPSA) is 55.8 Å². The van der Waals surface area contributed by atoms with Crippen molar-refractivity contribution in [2.24, 2.45) is 11.8 Å². The van der Waals surface area contributed by atoms with E-state index < -0.39 is 11.9 Å². The largest absolute Gasteiger partial charge is 0.493 e. The summed E-state index contributed by atoms with van der Waals surface area (Å²) in [7, 11) is 3.22. The van der Waals surface area contributed by atoms with Crippen LogP contribution in [0.15, 0.2) is 53.4 Å². The smallest absolute Gasteiger partial charge is 0.307 e. The highest BCUT2D eigenvalue weighted by atomic mass is 32.2. The molecule has 2 aromatic rings. The molecule has 0 spiro atoms. The molecule has 2 aromatic carbocycles. The summed E-state index contributed by atoms with van der Waals surface area (Å²) in [5.41, 5.74) is 1.33. The Bertz CT molecular complexity index is 761. The molecule has 158 valence electrons. The molecule has 0 radical (unpaired) electrons. The van der Waals surface area contributed by atoms with Gasteiger partial charge >= 0.3 is 5.97 Å². The lowest BCUT2D eigenvalue weighted by molar-refractivity contribution is -0.143. The van der Waals surface area contributed by atoms with Gasteiger partial charge in [-0.2, -0.15) is 0 Å². The van der Waals surface area contributed by atoms with E-state index in [1.807, 2.05) is 38.1 Å². The predicted octanol–water partition coefficient (Wildman–Crippen LogP) is 5.93. The van der Waals surface area contributed by atoms with E-state index in [2.05, 4.69) is 24.3 Å². The summed E-state index contributed by atoms with van der Waals surface area (Å²) >= 11 is 1.63. The van der Waals surface area contributed by atoms with Crippen LogP contribution in [0.5, 0.6) is 11.5 Å². The van der Waals surface area contributed by atoms with E-state index in [9.17, 15) is 9.90 Å². The summed E-state index contributed by atoms with van der Waals surface area (Å²) in [4.78, 5) is 13.0. The van der Waals surface area contributed by atoms with Crippen LogP contribution in [0.3, 0.4) is 0 Å². The third-order valence-electron chi connectivity index (χ3n) is 5.09. The molecule has 0 amide bonds. The number of aryl methyl sites for hydroxylation is 1. The first-order valence-electron chi connectivity index (χ1n) is 10.1. The highest BCUT2D eigenvalue weighted by Crippen LogP contribution is 2.39. The Morgan fingerprint density at radius 3 is 2.28 bits per heavy atom. The Balaban J connectivity index is 2.09. The van der Waals surface area contributed by atoms with Crippen molar-refractivity contribution in [3.63, 3.8) is 0 Å². The van der Waals surface area contributed by atoms with E-state index in [4.69, 9.17) is 9.47 Å². The van der Waals surface area contributed by atoms with Gasteiger partial charge in [0.05, 0.1) is 20.1 Å². The second-order valence-corrected chi connectivity index (χ2v) is 8.83. The van der Waals surface area contributed by atoms with E-state index in [1.165, 1.54) is 5.56 Å². The maximum atomic E-state index is 12.0. The number of carbonyl (C=O) groups is 1. The Labute approximate surface area is 178 Å². The second-order valence-electron chi connectivity index (χ2n) is 7.51. The van der Waals surface area contributed by atoms with Crippen LogP contribution in [0, 0.1) is 11.8 Å². The SMILES string of the molecule is COc1ccc(SC(CCCCc2ccccc2)C(C(=O)O)C(C)C)cc1OC. The minimum Gasteiger partial charge on any atom is -0.493 e. The standard InChI is InChI=1S/C24H32O4S/c1-17(2)23(24(25)26)22(13-9-8-12-18-10-6-5-7-11-18)29-19-14-15-20(27-3)21(16-19)28-4/h5-7,10-11,14-17,22-23H,8-9,12-13H2,1-4H3,(H,25,26). The fourth-order valence-electron chi connectivity index (χ4n) is 3.57. The molecule has 29 heavy (non-hydrogen) atoms. The van der Waals surface area contributed by atoms with Crippen LogP contribution in [0.25, 0.3) is 0 Å². The lowest BCUT2D eigenvalue weighted by atomic mass is 9.89. The van der Waals surface area contributed by atoms with Crippen molar-refractivity contribution in [1.29, 1.82) is 0 Å². The van der Waals surface area contributed by atoms with Crippen molar-refractivity contribution < 1.29 is 19.4 Å². The van der Waals surface area contributed by atoms with E-state index in [1.54, 1.807) is 26.0 Å². The number of carboxylic acid groups (broad SMARTS) is 1. The number of benzene rings is 2. The second kappa shape index (κ2) is 11.8. The average molecular weight is 417 g/mol. The lowest BCUT2D eigenvalue weighted by Gasteiger charge is -2.27. The van der Waals surface area contributed by atoms with Crippen LogP contribution in [0.4, 0.5) is 0 Å². The van der Waals surface area contributed by atoms with Crippen LogP contribution >= 0.6 is 11.8 Å². The number of methoxy groups -OCH3 is 2. The molecule has 1 N–H and O–H groups in total. The maximum Gasteiger partial charge on any atom is 0.307 e. The normalized spacial score (nSPS) is 13.1. The molecular formula is C24H32O4S. The Hall–Kier alpha value is -2.14. The number of hydrogen-bond acceptors (Lipinski definition) is 4. The van der Waals surface area contributed by atoms with Gasteiger partial charge in [-0.15, -0.1) is 11.8 Å². The molecule has 0 bridgehead atoms. The highest BCUT2D eigenvalue weighted by molar-refractivity contribution is 8.00. The molecule has 2 unspecified atom stereocenters. The van der Waals surface area contributed by atoms with E-state index >= 15 is 0 Å². The van der Waals surface area contributed by atoms with E-state index in [-0.39, 0.29) is 11.2 Å². The number of rotatable bonds is 12. The van der Waals surface area contributed by atoms with Crippen molar-refractivity contribution in [2.45, 2.75) is 49.7 Å². The summed E-state index contributed by atoms with van der Waals surface area (Å²) in [6.45, 7) is 3.98. The Morgan fingerprint density at radius 1 is 1.00 bits per heavy atom. The van der Waals surface area contributed by atoms with Gasteiger partial charge in [0, 0.05) is 10.1 Å². The molecule has 2 atom stereocenters. The van der Waals surface area contributed by atoms with Crippen molar-refractivity contribution in [3.05, 3.63) is 54.1 Å². The van der Waals surface area contributed by atoms with Crippen molar-refractivity contribution in [2.75, 3.05) is 14.2 Å². The summed E-state index contributed by atoms with van der Waals surface area (Å²) < 4.78 is 10.7. The first-order valence-corrected chi connectivity index (χ1v) is 11.0. The van der Waals surface area contributed by atoms with Gasteiger partial charge in [-0.3, -0.25) is 4.79 Å². The molecule has 0 saturated carbocycles. The van der Waals surface area contributed by atoms with Gasteiger partial charge < -0.3 is 14.6 Å². The predicted molar refractivity (Wildman–Crippen MR) is 119 cm³/mol. The first-order chi connectivity index (χ1) is 14.0. The Morgan fingerprint density at radius 2 is 1.69 bits per heavy atom. The minimum atomic E-state index is -0.721. The molecule has 0 aliphatic heterocycles. The molecule has 4 nitrogen and oxygen atoms in total. The van der Waals surface area contributed by atoms with Gasteiger partial charge in [0.15, 0.2) is 11.5 Å². The van der Waals surface area contributed by atoms with E-state index in [0.717, 1.165) is 30.6 Å². The minimum absolute atomic E-state index is 0.00127. The zero-order chi connectivity index (χ0) is 21.2. The van der Waals surface area contributed by atoms with Crippen molar-refractivity contribution >= 4 is 17.7 Å². The van der Waals surface area contributed by atoms with Gasteiger partial charge in [0.1, 0.15) is 0 Å². The first kappa shape index (κ1) is 23.1. The molecule has 0 aromatic heterocycles. The lowest BCUT2D eigenvalue weighted by Crippen LogP contribution is -2.30. The third-order valence-corrected chi connectivity index (χ3v) is 6.45. The molecule has 0 aliphatic carbocycles. The van der Waals surface area contributed by atoms with Crippen LogP contribution in [0.2, 0.25) is 0 Å². The third kappa shape index (κ3) is 7.00. The van der Waals surface area contributed by atoms with E-state index in [0.29, 0.717) is 11.5 Å². The van der Waals surface area contributed by atoms with Crippen LogP contribution in [-0.2, 0) is 11.2 Å². The average Bonchev–Trinajstić information content (AvgIpc) is 2.71. The number of hydrogen-bond donors (Lipinski definition) is 1. The van der Waals surface area contributed by atoms with Crippen molar-refractivity contribution in [3.8, 4) is 11.5 Å². The zero-order valence-electron chi connectivity index (χ0n) is 17.8. The van der Waals surface area contributed by atoms with Crippen LogP contribution < -0.4 is 9.47 Å². The van der Waals surface area contributed by atoms with Gasteiger partial charge in [0.2, 0.25) is 0 Å². The number of unbranched alkanes of at least 4 members (excludes halogenated alkanes) is 1. The molecule has 0 aliphatic rings. The molecule has 5 heteroatoms. The number of ether oxygens (including phenoxy) is 2. The van der Waals surface area contributed by atoms with Crippen LogP contribution in [0.1, 0.15) is 38.7 Å². The monoisotopic (exact) mass is 416 g/mol. The van der Waals surface area contributed by atoms with Crippen LogP contribution in [-0.4, -0.2) is 30.5 Å². The molecule has 0 fully saturated rings. The highest BCUT2D eigenvalue weighted by Gasteiger charge is 2.31. The zero-order valence-corrected chi connectivity index (χ0v) is 18.6. The van der Waals surface area contributed by atoms with Gasteiger partial charge in [-0.1, -0.05) is 50.6 Å². The fourth-order valence-corrected chi connectivity index (χ4v) is 5.10. The Kier molecular flexibility index (Phi) is 9.39. The van der Waals surface area contributed by atoms with Gasteiger partial charge in [-0.05, 0) is 48.9 Å². The molecule has 0 heterocycles. The molecule has 0 saturated heterocycles. The summed E-state index contributed by atoms with van der Waals surface area (Å²) in [5, 5.41) is 9.85. The number of aliphatic carboxylic acids is 1. The van der Waals surface area contributed by atoms with Crippen molar-refractivity contribution in [1.82, 2.24) is 0 Å². The summed E-state index contributed by atoms with van der Waals surface area (Å²) in [5.74, 6) is 0.289. The summed E-state index contributed by atoms with van der Waals surface area (Å²) in [6.07, 6.45) is 3.93. The fraction of sp³-hybridized carbons (Fsp3) is 0.458.